The number of aromatic nitrogens is 8. The number of aromatic amines is 2. The number of rotatable bonds is 10. The second-order valence-electron chi connectivity index (χ2n) is 15.1. The van der Waals surface area contributed by atoms with Crippen molar-refractivity contribution in [1.29, 1.82) is 0 Å². The normalized spacial score (nSPS) is 11.5. The first-order chi connectivity index (χ1) is 35.0. The Morgan fingerprint density at radius 3 is 1.47 bits per heavy atom. The molecule has 0 spiro atoms. The van der Waals surface area contributed by atoms with Crippen LogP contribution in [0.4, 0.5) is 75.7 Å². The first-order valence-electron chi connectivity index (χ1n) is 20.9. The van der Waals surface area contributed by atoms with Crippen LogP contribution in [0.5, 0.6) is 23.0 Å². The third kappa shape index (κ3) is 14.7. The monoisotopic (exact) mass is 1070 g/mol. The maximum atomic E-state index is 12.9. The molecule has 0 amide bonds. The quantitative estimate of drug-likeness (QED) is 0.0591. The lowest BCUT2D eigenvalue weighted by molar-refractivity contribution is -0.141. The number of H-pyrrole nitrogens is 2. The van der Waals surface area contributed by atoms with Gasteiger partial charge in [-0.2, -0.15) is 57.7 Å². The van der Waals surface area contributed by atoms with E-state index < -0.39 is 47.2 Å². The van der Waals surface area contributed by atoms with E-state index in [1.165, 1.54) is 54.9 Å². The molecule has 9 rings (SSSR count). The lowest BCUT2D eigenvalue weighted by Crippen LogP contribution is -2.05. The average molecular weight is 1070 g/mol. The van der Waals surface area contributed by atoms with Crippen molar-refractivity contribution in [2.45, 2.75) is 32.1 Å². The molecule has 4 aromatic carbocycles. The number of ether oxygens (including phenoxy) is 2. The van der Waals surface area contributed by atoms with Gasteiger partial charge in [-0.05, 0) is 109 Å². The van der Waals surface area contributed by atoms with Crippen LogP contribution in [0.15, 0.2) is 145 Å². The van der Waals surface area contributed by atoms with E-state index in [2.05, 4.69) is 67.9 Å². The number of halogens is 12. The summed E-state index contributed by atoms with van der Waals surface area (Å²) in [6.45, 7) is 0. The molecule has 0 aliphatic rings. The van der Waals surface area contributed by atoms with Crippen LogP contribution in [0.2, 0.25) is 0 Å². The van der Waals surface area contributed by atoms with E-state index in [-0.39, 0.29) is 30.5 Å². The molecule has 13 nitrogen and oxygen atoms in total. The molecule has 26 heteroatoms. The maximum Gasteiger partial charge on any atom is 0.432 e. The Labute approximate surface area is 422 Å². The number of pyridine rings is 2. The van der Waals surface area contributed by atoms with Crippen molar-refractivity contribution in [2.75, 3.05) is 17.7 Å². The van der Waals surface area contributed by atoms with Gasteiger partial charge in [0.15, 0.2) is 11.6 Å². The lowest BCUT2D eigenvalue weighted by atomic mass is 10.2. The molecule has 5 heterocycles. The number of anilines is 3. The number of aryl methyl sites for hydroxylation is 1. The molecule has 75 heavy (non-hydrogen) atoms. The van der Waals surface area contributed by atoms with Gasteiger partial charge in [0.2, 0.25) is 5.95 Å². The van der Waals surface area contributed by atoms with Gasteiger partial charge in [-0.1, -0.05) is 7.43 Å². The van der Waals surface area contributed by atoms with Gasteiger partial charge in [-0.25, -0.2) is 15.0 Å². The number of benzene rings is 4. The number of hydrogen-bond acceptors (Lipinski definition) is 11. The van der Waals surface area contributed by atoms with Crippen LogP contribution in [-0.4, -0.2) is 51.7 Å². The minimum Gasteiger partial charge on any atom is -0.457 e. The molecule has 0 bridgehead atoms. The number of imidazole rings is 3. The fourth-order valence-electron chi connectivity index (χ4n) is 6.37. The van der Waals surface area contributed by atoms with Gasteiger partial charge in [-0.15, -0.1) is 0 Å². The zero-order valence-corrected chi connectivity index (χ0v) is 38.5. The van der Waals surface area contributed by atoms with E-state index in [0.29, 0.717) is 52.0 Å². The van der Waals surface area contributed by atoms with E-state index in [9.17, 15) is 52.7 Å². The zero-order valence-electron chi connectivity index (χ0n) is 37.7. The van der Waals surface area contributed by atoms with E-state index >= 15 is 0 Å². The molecule has 0 radical (unpaired) electrons. The molecular formula is C49H37F12N11O2S. The molecule has 390 valence electrons. The maximum absolute atomic E-state index is 12.9. The van der Waals surface area contributed by atoms with Crippen molar-refractivity contribution < 1.29 is 62.2 Å². The Morgan fingerprint density at radius 1 is 0.560 bits per heavy atom. The smallest absolute Gasteiger partial charge is 0.432 e. The molecule has 0 saturated carbocycles. The number of hydrogen-bond donors (Lipinski definition) is 4. The largest absolute Gasteiger partial charge is 0.457 e. The summed E-state index contributed by atoms with van der Waals surface area (Å²) in [6.07, 6.45) is -13.5. The Balaban J connectivity index is 0.000000206. The molecule has 4 N–H and O–H groups in total. The number of aliphatic imine (C=N–C) groups is 1. The second kappa shape index (κ2) is 23.0. The molecule has 0 saturated heterocycles. The molecule has 0 aliphatic heterocycles. The number of nitrogens with one attached hydrogen (secondary N) is 4. The fraction of sp³-hybridized carbons (Fsp3) is 0.143. The van der Waals surface area contributed by atoms with Crippen molar-refractivity contribution in [3.05, 3.63) is 163 Å². The number of alkyl halides is 12. The summed E-state index contributed by atoms with van der Waals surface area (Å²) in [6, 6.07) is 27.4. The zero-order chi connectivity index (χ0) is 53.4. The number of fused-ring (bicyclic) bond motifs is 1. The standard InChI is InChI=1S/C24H16F6N6O.C16H13F3N4O.C8H4F3NS.CH4/c1-36-19-7-6-15(10-17(19)34-22(36)33-14-4-2-13(3-5-14)23(25,26)27)37-16-8-9-31-18(11-16)21-32-12-20(35-21)24(28,29)30;1-20-10-2-4-11(5-3-10)24-12-6-7-21-13(8-12)15-22-9-14(23-15)16(17,18)19;9-8(10,11)6-1-3-7(4-2-6)12-5-13;/h2-12H,1H3,(H,32,35)(H,33,34);2-9,20H,1H3,(H,22,23);1-4H;1H4. The molecule has 0 aliphatic carbocycles. The first kappa shape index (κ1) is 55.5. The Hall–Kier alpha value is -8.77. The van der Waals surface area contributed by atoms with Crippen LogP contribution in [0.3, 0.4) is 0 Å². The molecule has 0 atom stereocenters. The minimum atomic E-state index is -4.56. The molecular weight excluding hydrogens is 1030 g/mol. The predicted octanol–water partition coefficient (Wildman–Crippen LogP) is 15.3. The molecule has 0 unspecified atom stereocenters. The van der Waals surface area contributed by atoms with Crippen LogP contribution in [0.25, 0.3) is 34.1 Å². The summed E-state index contributed by atoms with van der Waals surface area (Å²) in [5, 5.41) is 8.06. The summed E-state index contributed by atoms with van der Waals surface area (Å²) >= 11 is 4.30. The fourth-order valence-corrected chi connectivity index (χ4v) is 6.47. The highest BCUT2D eigenvalue weighted by Gasteiger charge is 2.35. The number of thiocarbonyl (C=S) groups is 1. The van der Waals surface area contributed by atoms with Crippen molar-refractivity contribution >= 4 is 51.4 Å². The van der Waals surface area contributed by atoms with E-state index in [1.807, 2.05) is 19.2 Å². The van der Waals surface area contributed by atoms with Crippen molar-refractivity contribution in [3.8, 4) is 46.0 Å². The van der Waals surface area contributed by atoms with Crippen LogP contribution in [-0.2, 0) is 31.8 Å². The Morgan fingerprint density at radius 2 is 1.01 bits per heavy atom. The first-order valence-corrected chi connectivity index (χ1v) is 21.3. The minimum absolute atomic E-state index is 0. The van der Waals surface area contributed by atoms with Gasteiger partial charge in [0.25, 0.3) is 0 Å². The van der Waals surface area contributed by atoms with Crippen LogP contribution < -0.4 is 20.1 Å². The van der Waals surface area contributed by atoms with Crippen molar-refractivity contribution in [1.82, 2.24) is 39.5 Å². The SMILES string of the molecule is C.CNc1ccc(Oc2ccnc(-c3ncc(C(F)(F)F)[nH]3)c2)cc1.Cn1c(Nc2ccc(C(F)(F)F)cc2)nc2cc(Oc3ccnc(-c4ncc(C(F)(F)F)[nH]4)c3)ccc21.FC(F)(F)c1ccc(N=C=S)cc1. The van der Waals surface area contributed by atoms with Crippen LogP contribution in [0.1, 0.15) is 29.9 Å². The third-order valence-corrected chi connectivity index (χ3v) is 10.1. The van der Waals surface area contributed by atoms with Gasteiger partial charge < -0.3 is 34.6 Å². The highest BCUT2D eigenvalue weighted by atomic mass is 32.1. The third-order valence-electron chi connectivity index (χ3n) is 10.0. The Bertz CT molecular complexity index is 3380. The highest BCUT2D eigenvalue weighted by Crippen LogP contribution is 2.35. The predicted molar refractivity (Wildman–Crippen MR) is 258 cm³/mol. The van der Waals surface area contributed by atoms with Gasteiger partial charge in [0, 0.05) is 56.1 Å². The molecule has 0 fully saturated rings. The average Bonchev–Trinajstić information content (AvgIpc) is 4.13. The number of isothiocyanates is 1. The van der Waals surface area contributed by atoms with Crippen LogP contribution >= 0.6 is 12.2 Å². The lowest BCUT2D eigenvalue weighted by Gasteiger charge is -2.09. The summed E-state index contributed by atoms with van der Waals surface area (Å²) in [5.74, 6) is 2.13. The molecule has 5 aromatic heterocycles. The topological polar surface area (TPSA) is 156 Å². The molecule has 9 aromatic rings. The summed E-state index contributed by atoms with van der Waals surface area (Å²) < 4.78 is 164. The van der Waals surface area contributed by atoms with Crippen molar-refractivity contribution in [2.24, 2.45) is 12.0 Å². The van der Waals surface area contributed by atoms with E-state index in [0.717, 1.165) is 41.7 Å². The second-order valence-corrected chi connectivity index (χ2v) is 15.3. The van der Waals surface area contributed by atoms with Gasteiger partial charge in [0.05, 0.1) is 45.4 Å². The van der Waals surface area contributed by atoms with E-state index in [1.54, 1.807) is 48.0 Å². The van der Waals surface area contributed by atoms with Gasteiger partial charge >= 0.3 is 24.7 Å². The van der Waals surface area contributed by atoms with Crippen molar-refractivity contribution in [3.63, 3.8) is 0 Å². The van der Waals surface area contributed by atoms with E-state index in [4.69, 9.17) is 9.47 Å². The summed E-state index contributed by atoms with van der Waals surface area (Å²) in [7, 11) is 3.56. The number of nitrogens with zero attached hydrogens (tertiary/aromatic N) is 7. The van der Waals surface area contributed by atoms with Crippen LogP contribution in [0, 0.1) is 0 Å². The van der Waals surface area contributed by atoms with Gasteiger partial charge in [-0.3, -0.25) is 9.97 Å². The summed E-state index contributed by atoms with van der Waals surface area (Å²) in [5.41, 5.74) is 0.0644. The highest BCUT2D eigenvalue weighted by molar-refractivity contribution is 7.78. The Kier molecular flexibility index (Phi) is 17.0. The van der Waals surface area contributed by atoms with Gasteiger partial charge in [0.1, 0.15) is 45.8 Å². The summed E-state index contributed by atoms with van der Waals surface area (Å²) in [4.78, 5) is 27.9.